The van der Waals surface area contributed by atoms with E-state index in [0.29, 0.717) is 13.0 Å². The fourth-order valence-corrected chi connectivity index (χ4v) is 8.59. The Morgan fingerprint density at radius 1 is 0.647 bits per heavy atom. The number of esters is 1. The number of carbonyl (C=O) groups excluding carboxylic acids is 1. The van der Waals surface area contributed by atoms with Crippen molar-refractivity contribution in [2.24, 2.45) is 0 Å². The van der Waals surface area contributed by atoms with Crippen LogP contribution in [0.4, 0.5) is 0 Å². The van der Waals surface area contributed by atoms with Gasteiger partial charge in [-0.1, -0.05) is 129 Å². The standard InChI is InChI=1S/C31H39O2P/c1-2-33-31(32)26-18-7-5-3-4-6-8-19-27-34(28-20-12-9-13-21-28,29-22-14-10-15-23-29)30-24-16-11-17-25-30/h9-17,20-25,27H,2-8,18-19,26H2,1H3. The van der Waals surface area contributed by atoms with Gasteiger partial charge in [-0.15, -0.1) is 0 Å². The highest BCUT2D eigenvalue weighted by Gasteiger charge is 2.24. The lowest BCUT2D eigenvalue weighted by molar-refractivity contribution is -0.143. The molecule has 0 radical (unpaired) electrons. The van der Waals surface area contributed by atoms with Crippen molar-refractivity contribution < 1.29 is 9.53 Å². The number of carbonyl (C=O) groups is 1. The Labute approximate surface area is 206 Å². The summed E-state index contributed by atoms with van der Waals surface area (Å²) in [5.74, 6) is 2.59. The molecule has 2 nitrogen and oxygen atoms in total. The van der Waals surface area contributed by atoms with Gasteiger partial charge in [0, 0.05) is 6.42 Å². The molecule has 180 valence electrons. The highest BCUT2D eigenvalue weighted by atomic mass is 31.2. The van der Waals surface area contributed by atoms with Gasteiger partial charge in [-0.2, -0.15) is 0 Å². The molecule has 0 saturated heterocycles. The molecule has 0 heterocycles. The molecule has 0 saturated carbocycles. The molecule has 0 amide bonds. The minimum absolute atomic E-state index is 0.0555. The molecular formula is C31H39O2P. The minimum atomic E-state index is -1.81. The van der Waals surface area contributed by atoms with Crippen LogP contribution in [-0.2, 0) is 9.53 Å². The number of ether oxygens (including phenoxy) is 1. The highest BCUT2D eigenvalue weighted by Crippen LogP contribution is 2.44. The third kappa shape index (κ3) is 7.47. The molecule has 3 aromatic carbocycles. The largest absolute Gasteiger partial charge is 0.466 e. The van der Waals surface area contributed by atoms with Crippen molar-refractivity contribution in [1.29, 1.82) is 0 Å². The average Bonchev–Trinajstić information content (AvgIpc) is 2.89. The maximum Gasteiger partial charge on any atom is 0.305 e. The molecule has 0 aliphatic carbocycles. The number of rotatable bonds is 14. The molecule has 34 heavy (non-hydrogen) atoms. The van der Waals surface area contributed by atoms with Crippen LogP contribution in [0, 0.1) is 0 Å². The molecule has 0 unspecified atom stereocenters. The van der Waals surface area contributed by atoms with Crippen molar-refractivity contribution in [1.82, 2.24) is 0 Å². The van der Waals surface area contributed by atoms with E-state index in [0.717, 1.165) is 19.3 Å². The Kier molecular flexibility index (Phi) is 11.2. The van der Waals surface area contributed by atoms with E-state index < -0.39 is 6.89 Å². The minimum Gasteiger partial charge on any atom is -0.466 e. The van der Waals surface area contributed by atoms with Crippen molar-refractivity contribution in [3.63, 3.8) is 0 Å². The Morgan fingerprint density at radius 3 is 1.50 bits per heavy atom. The van der Waals surface area contributed by atoms with Gasteiger partial charge >= 0.3 is 5.97 Å². The lowest BCUT2D eigenvalue weighted by atomic mass is 10.1. The lowest BCUT2D eigenvalue weighted by Crippen LogP contribution is -2.26. The third-order valence-corrected chi connectivity index (χ3v) is 10.4. The van der Waals surface area contributed by atoms with Crippen molar-refractivity contribution in [3.8, 4) is 0 Å². The van der Waals surface area contributed by atoms with Gasteiger partial charge in [-0.05, 0) is 49.0 Å². The van der Waals surface area contributed by atoms with Crippen LogP contribution >= 0.6 is 6.89 Å². The first-order valence-electron chi connectivity index (χ1n) is 12.8. The molecule has 0 aliphatic heterocycles. The van der Waals surface area contributed by atoms with Crippen molar-refractivity contribution in [2.75, 3.05) is 6.61 Å². The van der Waals surface area contributed by atoms with E-state index in [9.17, 15) is 4.79 Å². The van der Waals surface area contributed by atoms with Gasteiger partial charge in [-0.25, -0.2) is 0 Å². The first kappa shape index (κ1) is 26.0. The molecule has 3 heteroatoms. The number of hydrogen-bond donors (Lipinski definition) is 0. The normalized spacial score (nSPS) is 11.2. The summed E-state index contributed by atoms with van der Waals surface area (Å²) in [5, 5.41) is 4.27. The molecule has 3 aromatic rings. The summed E-state index contributed by atoms with van der Waals surface area (Å²) < 4.78 is 5.00. The van der Waals surface area contributed by atoms with Crippen LogP contribution in [0.1, 0.15) is 64.7 Å². The number of hydrogen-bond acceptors (Lipinski definition) is 2. The average molecular weight is 475 g/mol. The topological polar surface area (TPSA) is 26.3 Å². The van der Waals surface area contributed by atoms with E-state index in [1.807, 2.05) is 6.92 Å². The zero-order chi connectivity index (χ0) is 23.9. The van der Waals surface area contributed by atoms with Gasteiger partial charge in [-0.3, -0.25) is 4.79 Å². The predicted octanol–water partition coefficient (Wildman–Crippen LogP) is 6.86. The summed E-state index contributed by atoms with van der Waals surface area (Å²) in [6, 6.07) is 33.2. The van der Waals surface area contributed by atoms with E-state index in [1.54, 1.807) is 0 Å². The Morgan fingerprint density at radius 2 is 1.06 bits per heavy atom. The number of unbranched alkanes of at least 4 members (excludes halogenated alkanes) is 7. The maximum atomic E-state index is 11.4. The Bertz CT molecular complexity index is 910. The summed E-state index contributed by atoms with van der Waals surface area (Å²) in [5.41, 5.74) is 0. The first-order chi connectivity index (χ1) is 16.8. The van der Waals surface area contributed by atoms with E-state index in [-0.39, 0.29) is 5.97 Å². The SMILES string of the molecule is CCOC(=O)CCCCCCCCCC=P(c1ccccc1)(c1ccccc1)c1ccccc1. The van der Waals surface area contributed by atoms with Crippen molar-refractivity contribution in [2.45, 2.75) is 64.7 Å². The molecule has 0 bridgehead atoms. The van der Waals surface area contributed by atoms with Crippen LogP contribution in [0.15, 0.2) is 91.0 Å². The number of benzene rings is 3. The fraction of sp³-hybridized carbons (Fsp3) is 0.355. The van der Waals surface area contributed by atoms with E-state index in [4.69, 9.17) is 4.74 Å². The monoisotopic (exact) mass is 474 g/mol. The van der Waals surface area contributed by atoms with Crippen molar-refractivity contribution in [3.05, 3.63) is 91.0 Å². The van der Waals surface area contributed by atoms with E-state index in [2.05, 4.69) is 96.8 Å². The van der Waals surface area contributed by atoms with Gasteiger partial charge in [0.15, 0.2) is 0 Å². The zero-order valence-corrected chi connectivity index (χ0v) is 21.5. The smallest absolute Gasteiger partial charge is 0.305 e. The Balaban J connectivity index is 1.64. The summed E-state index contributed by atoms with van der Waals surface area (Å²) in [6.45, 7) is 0.539. The first-order valence-corrected chi connectivity index (χ1v) is 14.7. The van der Waals surface area contributed by atoms with Gasteiger partial charge in [0.05, 0.1) is 6.61 Å². The molecule has 0 spiro atoms. The van der Waals surface area contributed by atoms with Crippen LogP contribution in [0.5, 0.6) is 0 Å². The Hall–Kier alpha value is -2.57. The molecular weight excluding hydrogens is 435 g/mol. The fourth-order valence-electron chi connectivity index (χ4n) is 4.57. The molecule has 0 fully saturated rings. The molecule has 0 atom stereocenters. The van der Waals surface area contributed by atoms with Crippen LogP contribution < -0.4 is 15.9 Å². The molecule has 3 rings (SSSR count). The van der Waals surface area contributed by atoms with Gasteiger partial charge in [0.1, 0.15) is 0 Å². The van der Waals surface area contributed by atoms with Crippen LogP contribution in [-0.4, -0.2) is 18.4 Å². The second-order valence-corrected chi connectivity index (χ2v) is 12.1. The molecule has 0 aliphatic rings. The predicted molar refractivity (Wildman–Crippen MR) is 149 cm³/mol. The van der Waals surface area contributed by atoms with E-state index >= 15 is 0 Å². The van der Waals surface area contributed by atoms with Crippen molar-refractivity contribution >= 4 is 34.6 Å². The van der Waals surface area contributed by atoms with Gasteiger partial charge in [0.25, 0.3) is 0 Å². The highest BCUT2D eigenvalue weighted by molar-refractivity contribution is 7.94. The van der Waals surface area contributed by atoms with E-state index in [1.165, 1.54) is 48.0 Å². The lowest BCUT2D eigenvalue weighted by Gasteiger charge is -2.29. The van der Waals surface area contributed by atoms with Crippen LogP contribution in [0.2, 0.25) is 0 Å². The third-order valence-electron chi connectivity index (χ3n) is 6.28. The summed E-state index contributed by atoms with van der Waals surface area (Å²) in [7, 11) is 0. The second-order valence-electron chi connectivity index (χ2n) is 8.73. The molecule has 0 N–H and O–H groups in total. The zero-order valence-electron chi connectivity index (χ0n) is 20.6. The second kappa shape index (κ2) is 14.6. The summed E-state index contributed by atoms with van der Waals surface area (Å²) in [6.07, 6.45) is 9.95. The van der Waals surface area contributed by atoms with Crippen LogP contribution in [0.3, 0.4) is 0 Å². The summed E-state index contributed by atoms with van der Waals surface area (Å²) in [4.78, 5) is 11.4. The van der Waals surface area contributed by atoms with Gasteiger partial charge in [0.2, 0.25) is 0 Å². The summed E-state index contributed by atoms with van der Waals surface area (Å²) >= 11 is 0. The quantitative estimate of drug-likeness (QED) is 0.145. The van der Waals surface area contributed by atoms with Gasteiger partial charge < -0.3 is 4.74 Å². The molecule has 0 aromatic heterocycles. The van der Waals surface area contributed by atoms with Crippen LogP contribution in [0.25, 0.3) is 0 Å². The maximum absolute atomic E-state index is 11.4.